The van der Waals surface area contributed by atoms with E-state index in [1.54, 1.807) is 0 Å². The highest BCUT2D eigenvalue weighted by molar-refractivity contribution is 6.12. The van der Waals surface area contributed by atoms with Gasteiger partial charge < -0.3 is 18.6 Å². The zero-order chi connectivity index (χ0) is 41.8. The summed E-state index contributed by atoms with van der Waals surface area (Å²) in [6.07, 6.45) is 0. The number of fused-ring (bicyclic) bond motifs is 12. The summed E-state index contributed by atoms with van der Waals surface area (Å²) in [6, 6.07) is 74.0. The predicted octanol–water partition coefficient (Wildman–Crippen LogP) is 17.0. The van der Waals surface area contributed by atoms with Gasteiger partial charge >= 0.3 is 0 Å². The van der Waals surface area contributed by atoms with Crippen LogP contribution in [0.1, 0.15) is 25.0 Å². The van der Waals surface area contributed by atoms with Gasteiger partial charge in [-0.3, -0.25) is 0 Å². The summed E-state index contributed by atoms with van der Waals surface area (Å²) in [5.74, 6) is 0. The van der Waals surface area contributed by atoms with E-state index < -0.39 is 0 Å². The number of hydrogen-bond donors (Lipinski definition) is 0. The molecule has 0 fully saturated rings. The maximum absolute atomic E-state index is 6.60. The van der Waals surface area contributed by atoms with E-state index >= 15 is 0 Å². The number of benzene rings is 10. The van der Waals surface area contributed by atoms with Crippen LogP contribution < -0.4 is 9.80 Å². The third-order valence-electron chi connectivity index (χ3n) is 13.3. The topological polar surface area (TPSA) is 32.8 Å². The van der Waals surface area contributed by atoms with Gasteiger partial charge in [-0.25, -0.2) is 0 Å². The Morgan fingerprint density at radius 2 is 0.857 bits per heavy atom. The third-order valence-corrected chi connectivity index (χ3v) is 13.3. The van der Waals surface area contributed by atoms with Crippen molar-refractivity contribution in [2.75, 3.05) is 9.80 Å². The Morgan fingerprint density at radius 1 is 0.349 bits per heavy atom. The van der Waals surface area contributed by atoms with Crippen molar-refractivity contribution in [3.63, 3.8) is 0 Å². The van der Waals surface area contributed by atoms with Crippen molar-refractivity contribution in [1.82, 2.24) is 0 Å². The lowest BCUT2D eigenvalue weighted by molar-refractivity contribution is 0.667. The fourth-order valence-electron chi connectivity index (χ4n) is 10.5. The number of nitrogens with zero attached hydrogens (tertiary/aromatic N) is 2. The molecular formula is C59H40N2O2. The second-order valence-electron chi connectivity index (χ2n) is 17.3. The molecule has 0 unspecified atom stereocenters. The molecule has 0 bridgehead atoms. The van der Waals surface area contributed by atoms with Gasteiger partial charge in [-0.1, -0.05) is 135 Å². The largest absolute Gasteiger partial charge is 0.454 e. The summed E-state index contributed by atoms with van der Waals surface area (Å²) >= 11 is 0. The minimum Gasteiger partial charge on any atom is -0.454 e. The maximum atomic E-state index is 6.60. The molecule has 12 aromatic rings. The van der Waals surface area contributed by atoms with Crippen LogP contribution in [0, 0.1) is 0 Å². The molecule has 10 aromatic carbocycles. The first kappa shape index (κ1) is 35.7. The smallest absolute Gasteiger partial charge is 0.159 e. The van der Waals surface area contributed by atoms with E-state index in [-0.39, 0.29) is 5.41 Å². The molecule has 63 heavy (non-hydrogen) atoms. The zero-order valence-corrected chi connectivity index (χ0v) is 34.8. The average molecular weight is 809 g/mol. The summed E-state index contributed by atoms with van der Waals surface area (Å²) in [7, 11) is 0. The Bertz CT molecular complexity index is 3790. The second kappa shape index (κ2) is 13.5. The van der Waals surface area contributed by atoms with Crippen molar-refractivity contribution in [2.45, 2.75) is 19.3 Å². The zero-order valence-electron chi connectivity index (χ0n) is 34.8. The molecule has 0 radical (unpaired) electrons. The average Bonchev–Trinajstić information content (AvgIpc) is 3.97. The molecule has 0 aliphatic heterocycles. The summed E-state index contributed by atoms with van der Waals surface area (Å²) < 4.78 is 13.2. The minimum atomic E-state index is -0.242. The quantitative estimate of drug-likeness (QED) is 0.168. The van der Waals surface area contributed by atoms with Crippen molar-refractivity contribution in [1.29, 1.82) is 0 Å². The molecule has 0 saturated carbocycles. The van der Waals surface area contributed by atoms with Crippen LogP contribution in [0.5, 0.6) is 0 Å². The maximum Gasteiger partial charge on any atom is 0.159 e. The monoisotopic (exact) mass is 808 g/mol. The van der Waals surface area contributed by atoms with Crippen LogP contribution in [0.15, 0.2) is 215 Å². The van der Waals surface area contributed by atoms with Crippen molar-refractivity contribution in [2.24, 2.45) is 0 Å². The Kier molecular flexibility index (Phi) is 7.62. The summed E-state index contributed by atoms with van der Waals surface area (Å²) in [5, 5.41) is 9.35. The first-order valence-corrected chi connectivity index (χ1v) is 21.7. The number of rotatable bonds is 6. The standard InChI is InChI=1S/C59H40N2O2/c1-59(2)51-36-39-34-42(60(40-15-5-3-6-16-40)52-23-13-21-48-45-19-9-11-25-54(45)62-57(48)52)29-27-37(39)35-50(51)47-31-28-38-33-43(30-32-44(38)56(47)59)61(41-17-7-4-8-18-41)53-24-14-22-49-46-20-10-12-26-55(46)63-58(49)53/h3-36H,1-2H3. The molecular weight excluding hydrogens is 769 g/mol. The molecule has 2 aromatic heterocycles. The fourth-order valence-corrected chi connectivity index (χ4v) is 10.5. The van der Waals surface area contributed by atoms with Crippen molar-refractivity contribution >= 4 is 99.5 Å². The number of para-hydroxylation sites is 6. The van der Waals surface area contributed by atoms with Crippen LogP contribution in [0.4, 0.5) is 34.1 Å². The Labute approximate surface area is 364 Å². The van der Waals surface area contributed by atoms with E-state index in [2.05, 4.69) is 206 Å². The molecule has 2 heterocycles. The van der Waals surface area contributed by atoms with Crippen molar-refractivity contribution in [3.8, 4) is 11.1 Å². The molecule has 4 nitrogen and oxygen atoms in total. The highest BCUT2D eigenvalue weighted by Crippen LogP contribution is 2.54. The lowest BCUT2D eigenvalue weighted by atomic mass is 9.79. The molecule has 0 saturated heterocycles. The second-order valence-corrected chi connectivity index (χ2v) is 17.3. The molecule has 1 aliphatic carbocycles. The first-order chi connectivity index (χ1) is 31.0. The van der Waals surface area contributed by atoms with Gasteiger partial charge in [0.25, 0.3) is 0 Å². The molecule has 298 valence electrons. The predicted molar refractivity (Wildman–Crippen MR) is 263 cm³/mol. The van der Waals surface area contributed by atoms with E-state index in [1.807, 2.05) is 24.3 Å². The third kappa shape index (κ3) is 5.34. The molecule has 4 heteroatoms. The molecule has 13 rings (SSSR count). The van der Waals surface area contributed by atoms with Crippen LogP contribution >= 0.6 is 0 Å². The number of furan rings is 2. The van der Waals surface area contributed by atoms with Gasteiger partial charge in [-0.05, 0) is 129 Å². The van der Waals surface area contributed by atoms with Crippen LogP contribution in [-0.2, 0) is 5.41 Å². The number of hydrogen-bond acceptors (Lipinski definition) is 4. The van der Waals surface area contributed by atoms with Crippen LogP contribution in [0.2, 0.25) is 0 Å². The normalized spacial score (nSPS) is 13.0. The Morgan fingerprint density at radius 3 is 1.46 bits per heavy atom. The molecule has 0 spiro atoms. The number of anilines is 6. The van der Waals surface area contributed by atoms with Gasteiger partial charge in [0.1, 0.15) is 11.2 Å². The van der Waals surface area contributed by atoms with Gasteiger partial charge in [-0.2, -0.15) is 0 Å². The van der Waals surface area contributed by atoms with Gasteiger partial charge in [0.2, 0.25) is 0 Å². The molecule has 0 N–H and O–H groups in total. The van der Waals surface area contributed by atoms with Crippen LogP contribution in [-0.4, -0.2) is 0 Å². The highest BCUT2D eigenvalue weighted by atomic mass is 16.3. The summed E-state index contributed by atoms with van der Waals surface area (Å²) in [6.45, 7) is 4.77. The lowest BCUT2D eigenvalue weighted by Crippen LogP contribution is -2.16. The first-order valence-electron chi connectivity index (χ1n) is 21.7. The minimum absolute atomic E-state index is 0.242. The molecule has 0 atom stereocenters. The Balaban J connectivity index is 0.934. The van der Waals surface area contributed by atoms with Crippen LogP contribution in [0.3, 0.4) is 0 Å². The molecule has 1 aliphatic rings. The van der Waals surface area contributed by atoms with E-state index in [0.29, 0.717) is 0 Å². The fraction of sp³-hybridized carbons (Fsp3) is 0.0508. The van der Waals surface area contributed by atoms with E-state index in [0.717, 1.165) is 78.0 Å². The van der Waals surface area contributed by atoms with E-state index in [1.165, 1.54) is 43.8 Å². The van der Waals surface area contributed by atoms with E-state index in [4.69, 9.17) is 8.83 Å². The van der Waals surface area contributed by atoms with Crippen molar-refractivity contribution < 1.29 is 8.83 Å². The van der Waals surface area contributed by atoms with Gasteiger partial charge in [0, 0.05) is 49.7 Å². The van der Waals surface area contributed by atoms with Gasteiger partial charge in [-0.15, -0.1) is 0 Å². The van der Waals surface area contributed by atoms with Gasteiger partial charge in [0.15, 0.2) is 11.2 Å². The van der Waals surface area contributed by atoms with Crippen molar-refractivity contribution in [3.05, 3.63) is 217 Å². The highest BCUT2D eigenvalue weighted by Gasteiger charge is 2.37. The van der Waals surface area contributed by atoms with Gasteiger partial charge in [0.05, 0.1) is 11.4 Å². The summed E-state index contributed by atoms with van der Waals surface area (Å²) in [4.78, 5) is 4.66. The SMILES string of the molecule is CC1(C)c2cc3cc(N(c4ccccc4)c4cccc5c4oc4ccccc45)ccc3cc2-c2ccc3cc(N(c4ccccc4)c4cccc5c4oc4ccccc45)ccc3c21. The van der Waals surface area contributed by atoms with E-state index in [9.17, 15) is 0 Å². The molecule has 0 amide bonds. The summed E-state index contributed by atoms with van der Waals surface area (Å²) in [5.41, 5.74) is 14.9. The lowest BCUT2D eigenvalue weighted by Gasteiger charge is -2.27. The van der Waals surface area contributed by atoms with Crippen LogP contribution in [0.25, 0.3) is 76.5 Å². The Hall–Kier alpha value is -8.08.